The Labute approximate surface area is 83.7 Å². The summed E-state index contributed by atoms with van der Waals surface area (Å²) in [5, 5.41) is 0. The van der Waals surface area contributed by atoms with Gasteiger partial charge in [-0.15, -0.1) is 0 Å². The van der Waals surface area contributed by atoms with E-state index in [2.05, 4.69) is 29.7 Å². The molecule has 14 heavy (non-hydrogen) atoms. The van der Waals surface area contributed by atoms with E-state index in [9.17, 15) is 0 Å². The molecule has 0 amide bonds. The van der Waals surface area contributed by atoms with Gasteiger partial charge in [0.15, 0.2) is 0 Å². The molecule has 2 nitrogen and oxygen atoms in total. The van der Waals surface area contributed by atoms with E-state index in [1.807, 2.05) is 24.5 Å². The first-order valence-electron chi connectivity index (χ1n) is 4.72. The van der Waals surface area contributed by atoms with Gasteiger partial charge in [0.05, 0.1) is 0 Å². The quantitative estimate of drug-likeness (QED) is 0.658. The second-order valence-corrected chi connectivity index (χ2v) is 3.60. The first-order chi connectivity index (χ1) is 6.79. The van der Waals surface area contributed by atoms with E-state index in [0.29, 0.717) is 5.92 Å². The van der Waals surface area contributed by atoms with Crippen LogP contribution < -0.4 is 0 Å². The highest BCUT2D eigenvalue weighted by molar-refractivity contribution is 5.84. The molecule has 0 bridgehead atoms. The molecule has 1 aromatic rings. The molecule has 0 unspecified atom stereocenters. The summed E-state index contributed by atoms with van der Waals surface area (Å²) < 4.78 is 0. The van der Waals surface area contributed by atoms with E-state index in [4.69, 9.17) is 0 Å². The second kappa shape index (κ2) is 3.60. The Kier molecular flexibility index (Phi) is 2.30. The number of aromatic nitrogens is 1. The molecule has 2 rings (SSSR count). The largest absolute Gasteiger partial charge is 0.264 e. The third-order valence-corrected chi connectivity index (χ3v) is 2.28. The van der Waals surface area contributed by atoms with Crippen molar-refractivity contribution in [3.63, 3.8) is 0 Å². The molecule has 2 heterocycles. The summed E-state index contributed by atoms with van der Waals surface area (Å²) >= 11 is 0. The van der Waals surface area contributed by atoms with Gasteiger partial charge in [0.2, 0.25) is 0 Å². The van der Waals surface area contributed by atoms with Crippen molar-refractivity contribution in [3.8, 4) is 0 Å². The lowest BCUT2D eigenvalue weighted by atomic mass is 9.96. The highest BCUT2D eigenvalue weighted by Crippen LogP contribution is 2.24. The molecule has 0 saturated carbocycles. The molecule has 0 saturated heterocycles. The Morgan fingerprint density at radius 1 is 1.29 bits per heavy atom. The van der Waals surface area contributed by atoms with E-state index < -0.39 is 0 Å². The van der Waals surface area contributed by atoms with Gasteiger partial charge in [0.25, 0.3) is 0 Å². The van der Waals surface area contributed by atoms with Crippen molar-refractivity contribution >= 4 is 18.0 Å². The minimum Gasteiger partial charge on any atom is -0.264 e. The molecule has 0 spiro atoms. The Morgan fingerprint density at radius 3 is 2.93 bits per heavy atom. The number of aliphatic imine (C=N–C) groups is 1. The summed E-state index contributed by atoms with van der Waals surface area (Å²) in [5.74, 6) is 3.32. The van der Waals surface area contributed by atoms with Crippen LogP contribution in [-0.4, -0.2) is 10.9 Å². The predicted molar refractivity (Wildman–Crippen MR) is 59.3 cm³/mol. The van der Waals surface area contributed by atoms with E-state index in [-0.39, 0.29) is 0 Å². The molecule has 70 valence electrons. The number of pyridine rings is 1. The number of nitrogens with zero attached hydrogens (tertiary/aromatic N) is 2. The lowest BCUT2D eigenvalue weighted by molar-refractivity contribution is 0.854. The Hall–Kier alpha value is -1.66. The molecular formula is C12H12N2. The Bertz CT molecular complexity index is 436. The van der Waals surface area contributed by atoms with Crippen molar-refractivity contribution in [2.24, 2.45) is 4.99 Å². The van der Waals surface area contributed by atoms with Crippen LogP contribution in [0.2, 0.25) is 0 Å². The zero-order valence-electron chi connectivity index (χ0n) is 8.36. The maximum atomic E-state index is 4.21. The summed E-state index contributed by atoms with van der Waals surface area (Å²) in [5.41, 5.74) is 3.56. The first kappa shape index (κ1) is 8.92. The highest BCUT2D eigenvalue weighted by atomic mass is 14.7. The van der Waals surface area contributed by atoms with Crippen molar-refractivity contribution in [2.75, 3.05) is 0 Å². The zero-order valence-corrected chi connectivity index (χ0v) is 8.36. The molecule has 1 aliphatic rings. The molecular weight excluding hydrogens is 172 g/mol. The first-order valence-corrected chi connectivity index (χ1v) is 4.72. The molecule has 0 aromatic carbocycles. The molecule has 1 aromatic heterocycles. The van der Waals surface area contributed by atoms with Crippen LogP contribution in [0.1, 0.15) is 36.5 Å². The van der Waals surface area contributed by atoms with E-state index in [0.717, 1.165) is 5.56 Å². The molecule has 0 atom stereocenters. The number of hydrogen-bond donors (Lipinski definition) is 0. The van der Waals surface area contributed by atoms with Gasteiger partial charge in [-0.3, -0.25) is 4.98 Å². The molecule has 0 fully saturated rings. The monoisotopic (exact) mass is 184 g/mol. The van der Waals surface area contributed by atoms with E-state index in [1.165, 1.54) is 11.1 Å². The second-order valence-electron chi connectivity index (χ2n) is 3.60. The third-order valence-electron chi connectivity index (χ3n) is 2.28. The van der Waals surface area contributed by atoms with Gasteiger partial charge >= 0.3 is 0 Å². The molecule has 2 heteroatoms. The minimum atomic E-state index is 0.480. The van der Waals surface area contributed by atoms with Gasteiger partial charge < -0.3 is 0 Å². The van der Waals surface area contributed by atoms with Crippen LogP contribution in [-0.2, 0) is 0 Å². The van der Waals surface area contributed by atoms with Gasteiger partial charge in [-0.05, 0) is 29.0 Å². The summed E-state index contributed by atoms with van der Waals surface area (Å²) in [4.78, 5) is 8.19. The fraction of sp³-hybridized carbons (Fsp3) is 0.250. The Balaban J connectivity index is 2.64. The maximum Gasteiger partial charge on any atom is 0.0374 e. The fourth-order valence-electron chi connectivity index (χ4n) is 1.53. The van der Waals surface area contributed by atoms with Gasteiger partial charge in [0, 0.05) is 30.2 Å². The lowest BCUT2D eigenvalue weighted by Crippen LogP contribution is -1.95. The summed E-state index contributed by atoms with van der Waals surface area (Å²) in [6.07, 6.45) is 9.43. The Morgan fingerprint density at radius 2 is 2.14 bits per heavy atom. The van der Waals surface area contributed by atoms with Gasteiger partial charge in [0.1, 0.15) is 0 Å². The zero-order chi connectivity index (χ0) is 9.97. The molecule has 0 radical (unpaired) electrons. The SMILES string of the molecule is CC(C)c1cncc2c1C=CN=C=C2. The summed E-state index contributed by atoms with van der Waals surface area (Å²) in [6, 6.07) is 0. The standard InChI is InChI=1S/C12H12N2/c1-9(2)12-8-14-7-10-3-5-13-6-4-11(10)12/h3-4,6-9H,1-2H3. The van der Waals surface area contributed by atoms with Gasteiger partial charge in [-0.2, -0.15) is 0 Å². The van der Waals surface area contributed by atoms with E-state index >= 15 is 0 Å². The average Bonchev–Trinajstić information content (AvgIpc) is 2.41. The topological polar surface area (TPSA) is 25.2 Å². The minimum absolute atomic E-state index is 0.480. The van der Waals surface area contributed by atoms with Crippen LogP contribution in [0.5, 0.6) is 0 Å². The summed E-state index contributed by atoms with van der Waals surface area (Å²) in [7, 11) is 0. The number of rotatable bonds is 1. The summed E-state index contributed by atoms with van der Waals surface area (Å²) in [6.45, 7) is 4.33. The highest BCUT2D eigenvalue weighted by Gasteiger charge is 2.08. The van der Waals surface area contributed by atoms with Crippen molar-refractivity contribution < 1.29 is 0 Å². The van der Waals surface area contributed by atoms with Gasteiger partial charge in [-0.1, -0.05) is 13.8 Å². The van der Waals surface area contributed by atoms with Gasteiger partial charge in [-0.25, -0.2) is 4.99 Å². The average molecular weight is 184 g/mol. The van der Waals surface area contributed by atoms with Crippen molar-refractivity contribution in [1.29, 1.82) is 0 Å². The maximum absolute atomic E-state index is 4.21. The van der Waals surface area contributed by atoms with Crippen molar-refractivity contribution in [3.05, 3.63) is 35.3 Å². The molecule has 0 aliphatic carbocycles. The van der Waals surface area contributed by atoms with Crippen LogP contribution in [0.4, 0.5) is 0 Å². The fourth-order valence-corrected chi connectivity index (χ4v) is 1.53. The van der Waals surface area contributed by atoms with Crippen LogP contribution >= 0.6 is 0 Å². The molecule has 0 N–H and O–H groups in total. The predicted octanol–water partition coefficient (Wildman–Crippen LogP) is 2.87. The number of fused-ring (bicyclic) bond motifs is 1. The van der Waals surface area contributed by atoms with Crippen molar-refractivity contribution in [1.82, 2.24) is 4.98 Å². The number of hydrogen-bond acceptors (Lipinski definition) is 2. The van der Waals surface area contributed by atoms with Crippen LogP contribution in [0.3, 0.4) is 0 Å². The van der Waals surface area contributed by atoms with Crippen molar-refractivity contribution in [2.45, 2.75) is 19.8 Å². The molecule has 1 aliphatic heterocycles. The lowest BCUT2D eigenvalue weighted by Gasteiger charge is -2.10. The normalized spacial score (nSPS) is 13.1. The van der Waals surface area contributed by atoms with E-state index in [1.54, 1.807) is 6.20 Å². The smallest absolute Gasteiger partial charge is 0.0374 e. The third kappa shape index (κ3) is 1.52. The van der Waals surface area contributed by atoms with Crippen LogP contribution in [0, 0.1) is 0 Å². The van der Waals surface area contributed by atoms with Crippen LogP contribution in [0.25, 0.3) is 12.2 Å². The van der Waals surface area contributed by atoms with Crippen LogP contribution in [0.15, 0.2) is 23.6 Å².